The fourth-order valence-corrected chi connectivity index (χ4v) is 1.84. The van der Waals surface area contributed by atoms with Crippen molar-refractivity contribution in [3.63, 3.8) is 0 Å². The number of carbonyl (C=O) groups excluding carboxylic acids is 1. The van der Waals surface area contributed by atoms with Crippen LogP contribution in [0.2, 0.25) is 0 Å². The van der Waals surface area contributed by atoms with Gasteiger partial charge in [-0.25, -0.2) is 4.39 Å². The molecule has 1 amide bonds. The number of anilines is 1. The van der Waals surface area contributed by atoms with Crippen molar-refractivity contribution in [1.82, 2.24) is 0 Å². The van der Waals surface area contributed by atoms with Crippen molar-refractivity contribution < 1.29 is 19.1 Å². The van der Waals surface area contributed by atoms with Gasteiger partial charge >= 0.3 is 5.97 Å². The first-order chi connectivity index (χ1) is 9.40. The maximum Gasteiger partial charge on any atom is 0.303 e. The minimum atomic E-state index is -0.806. The van der Waals surface area contributed by atoms with Crippen LogP contribution in [-0.2, 0) is 4.79 Å². The molecule has 0 aliphatic heterocycles. The first-order valence-corrected chi connectivity index (χ1v) is 6.45. The lowest BCUT2D eigenvalue weighted by Crippen LogP contribution is -2.16. The number of nitrogens with one attached hydrogen (secondary N) is 1. The summed E-state index contributed by atoms with van der Waals surface area (Å²) < 4.78 is 13.0. The van der Waals surface area contributed by atoms with E-state index < -0.39 is 17.7 Å². The van der Waals surface area contributed by atoms with Gasteiger partial charge in [-0.2, -0.15) is 0 Å². The van der Waals surface area contributed by atoms with E-state index >= 15 is 0 Å². The predicted molar refractivity (Wildman–Crippen MR) is 74.1 cm³/mol. The molecule has 20 heavy (non-hydrogen) atoms. The Hall–Kier alpha value is -2.11. The van der Waals surface area contributed by atoms with Crippen molar-refractivity contribution >= 4 is 17.6 Å². The Balaban J connectivity index is 2.49. The van der Waals surface area contributed by atoms with E-state index in [0.29, 0.717) is 18.7 Å². The van der Waals surface area contributed by atoms with Gasteiger partial charge in [-0.3, -0.25) is 9.59 Å². The molecule has 4 N–H and O–H groups in total. The first-order valence-electron chi connectivity index (χ1n) is 6.45. The van der Waals surface area contributed by atoms with Crippen LogP contribution in [0.5, 0.6) is 0 Å². The second-order valence-corrected chi connectivity index (χ2v) is 4.81. The molecule has 0 aliphatic carbocycles. The third-order valence-corrected chi connectivity index (χ3v) is 3.05. The number of hydrogen-bond donors (Lipinski definition) is 3. The van der Waals surface area contributed by atoms with Gasteiger partial charge in [0, 0.05) is 18.7 Å². The van der Waals surface area contributed by atoms with Gasteiger partial charge in [-0.05, 0) is 37.0 Å². The highest BCUT2D eigenvalue weighted by Gasteiger charge is 2.10. The minimum absolute atomic E-state index is 0.114. The van der Waals surface area contributed by atoms with Crippen LogP contribution >= 0.6 is 0 Å². The molecule has 1 unspecified atom stereocenters. The van der Waals surface area contributed by atoms with Crippen LogP contribution in [0.4, 0.5) is 10.1 Å². The van der Waals surface area contributed by atoms with E-state index in [1.54, 1.807) is 0 Å². The maximum atomic E-state index is 13.0. The number of rotatable bonds is 8. The third kappa shape index (κ3) is 5.26. The number of benzene rings is 1. The van der Waals surface area contributed by atoms with Crippen LogP contribution < -0.4 is 11.1 Å². The normalized spacial score (nSPS) is 11.9. The average Bonchev–Trinajstić information content (AvgIpc) is 2.37. The van der Waals surface area contributed by atoms with Crippen LogP contribution in [-0.4, -0.2) is 23.5 Å². The number of carboxylic acid groups (broad SMARTS) is 1. The van der Waals surface area contributed by atoms with Gasteiger partial charge in [0.1, 0.15) is 5.82 Å². The Morgan fingerprint density at radius 1 is 1.40 bits per heavy atom. The molecule has 0 radical (unpaired) electrons. The molecule has 1 atom stereocenters. The lowest BCUT2D eigenvalue weighted by atomic mass is 10.0. The lowest BCUT2D eigenvalue weighted by molar-refractivity contribution is -0.137. The van der Waals surface area contributed by atoms with Crippen LogP contribution in [0.25, 0.3) is 0 Å². The molecule has 0 spiro atoms. The smallest absolute Gasteiger partial charge is 0.303 e. The minimum Gasteiger partial charge on any atom is -0.481 e. The highest BCUT2D eigenvalue weighted by Crippen LogP contribution is 2.17. The molecule has 0 saturated carbocycles. The van der Waals surface area contributed by atoms with E-state index in [-0.39, 0.29) is 17.9 Å². The fraction of sp³-hybridized carbons (Fsp3) is 0.429. The van der Waals surface area contributed by atoms with Gasteiger partial charge in [0.05, 0.1) is 5.56 Å². The monoisotopic (exact) mass is 282 g/mol. The number of hydrogen-bond acceptors (Lipinski definition) is 3. The molecule has 110 valence electrons. The zero-order valence-corrected chi connectivity index (χ0v) is 11.4. The Kier molecular flexibility index (Phi) is 5.96. The topological polar surface area (TPSA) is 92.4 Å². The van der Waals surface area contributed by atoms with E-state index in [4.69, 9.17) is 10.8 Å². The van der Waals surface area contributed by atoms with Crippen LogP contribution in [0.15, 0.2) is 18.2 Å². The second-order valence-electron chi connectivity index (χ2n) is 4.81. The Labute approximate surface area is 117 Å². The second kappa shape index (κ2) is 7.47. The SMILES string of the molecule is CC(CCNc1ccc(F)cc1C(N)=O)CCC(=O)O. The molecular weight excluding hydrogens is 263 g/mol. The molecule has 1 rings (SSSR count). The quantitative estimate of drug-likeness (QED) is 0.681. The van der Waals surface area contributed by atoms with Crippen LogP contribution in [0, 0.1) is 11.7 Å². The van der Waals surface area contributed by atoms with E-state index in [2.05, 4.69) is 5.32 Å². The van der Waals surface area contributed by atoms with Crippen molar-refractivity contribution in [2.24, 2.45) is 11.7 Å². The van der Waals surface area contributed by atoms with E-state index in [1.807, 2.05) is 6.92 Å². The molecule has 1 aromatic carbocycles. The molecule has 6 heteroatoms. The molecular formula is C14H19FN2O3. The number of carboxylic acids is 1. The van der Waals surface area contributed by atoms with Crippen LogP contribution in [0.1, 0.15) is 36.5 Å². The van der Waals surface area contributed by atoms with Crippen LogP contribution in [0.3, 0.4) is 0 Å². The highest BCUT2D eigenvalue weighted by atomic mass is 19.1. The summed E-state index contributed by atoms with van der Waals surface area (Å²) in [5.74, 6) is -1.76. The standard InChI is InChI=1S/C14H19FN2O3/c1-9(2-5-13(18)19)6-7-17-12-4-3-10(15)8-11(12)14(16)20/h3-4,8-9,17H,2,5-7H2,1H3,(H2,16,20)(H,18,19). The number of halogens is 1. The van der Waals surface area contributed by atoms with E-state index in [1.165, 1.54) is 12.1 Å². The van der Waals surface area contributed by atoms with Gasteiger partial charge in [0.15, 0.2) is 0 Å². The zero-order chi connectivity index (χ0) is 15.1. The summed E-state index contributed by atoms with van der Waals surface area (Å²) in [6.07, 6.45) is 1.50. The number of carbonyl (C=O) groups is 2. The van der Waals surface area contributed by atoms with Gasteiger partial charge in [-0.1, -0.05) is 6.92 Å². The molecule has 5 nitrogen and oxygen atoms in total. The van der Waals surface area contributed by atoms with Crippen molar-refractivity contribution in [2.45, 2.75) is 26.2 Å². The Bertz CT molecular complexity index is 491. The predicted octanol–water partition coefficient (Wildman–Crippen LogP) is 2.23. The molecule has 0 saturated heterocycles. The molecule has 0 fully saturated rings. The van der Waals surface area contributed by atoms with Gasteiger partial charge in [0.2, 0.25) is 0 Å². The molecule has 1 aromatic rings. The summed E-state index contributed by atoms with van der Waals surface area (Å²) in [5.41, 5.74) is 5.79. The molecule has 0 bridgehead atoms. The van der Waals surface area contributed by atoms with E-state index in [0.717, 1.165) is 12.5 Å². The fourth-order valence-electron chi connectivity index (χ4n) is 1.84. The molecule has 0 heterocycles. The number of primary amides is 1. The van der Waals surface area contributed by atoms with Crippen molar-refractivity contribution in [2.75, 3.05) is 11.9 Å². The van der Waals surface area contributed by atoms with Crippen molar-refractivity contribution in [1.29, 1.82) is 0 Å². The summed E-state index contributed by atoms with van der Waals surface area (Å²) >= 11 is 0. The maximum absolute atomic E-state index is 13.0. The van der Waals surface area contributed by atoms with Crippen molar-refractivity contribution in [3.8, 4) is 0 Å². The Morgan fingerprint density at radius 3 is 2.70 bits per heavy atom. The summed E-state index contributed by atoms with van der Waals surface area (Å²) in [7, 11) is 0. The molecule has 0 aromatic heterocycles. The van der Waals surface area contributed by atoms with Crippen molar-refractivity contribution in [3.05, 3.63) is 29.6 Å². The summed E-state index contributed by atoms with van der Waals surface area (Å²) in [5, 5.41) is 11.6. The lowest BCUT2D eigenvalue weighted by Gasteiger charge is -2.13. The van der Waals surface area contributed by atoms with Gasteiger partial charge in [-0.15, -0.1) is 0 Å². The van der Waals surface area contributed by atoms with Gasteiger partial charge < -0.3 is 16.2 Å². The first kappa shape index (κ1) is 15.9. The molecule has 0 aliphatic rings. The largest absolute Gasteiger partial charge is 0.481 e. The van der Waals surface area contributed by atoms with Gasteiger partial charge in [0.25, 0.3) is 5.91 Å². The summed E-state index contributed by atoms with van der Waals surface area (Å²) in [6.45, 7) is 2.52. The zero-order valence-electron chi connectivity index (χ0n) is 11.4. The average molecular weight is 282 g/mol. The number of nitrogens with two attached hydrogens (primary N) is 1. The number of aliphatic carboxylic acids is 1. The van der Waals surface area contributed by atoms with E-state index in [9.17, 15) is 14.0 Å². The summed E-state index contributed by atoms with van der Waals surface area (Å²) in [6, 6.07) is 3.82. The highest BCUT2D eigenvalue weighted by molar-refractivity contribution is 5.98. The summed E-state index contributed by atoms with van der Waals surface area (Å²) in [4.78, 5) is 21.6. The third-order valence-electron chi connectivity index (χ3n) is 3.05. The Morgan fingerprint density at radius 2 is 2.10 bits per heavy atom. The number of amides is 1.